The minimum Gasteiger partial charge on any atom is -0.398 e. The summed E-state index contributed by atoms with van der Waals surface area (Å²) in [6, 6.07) is 5.21. The van der Waals surface area contributed by atoms with Gasteiger partial charge in [0.1, 0.15) is 0 Å². The fourth-order valence-electron chi connectivity index (χ4n) is 1.38. The van der Waals surface area contributed by atoms with E-state index in [0.717, 1.165) is 4.47 Å². The van der Waals surface area contributed by atoms with E-state index in [0.29, 0.717) is 36.9 Å². The largest absolute Gasteiger partial charge is 0.398 e. The molecule has 0 aromatic heterocycles. The number of nitrogens with one attached hydrogen (secondary N) is 1. The van der Waals surface area contributed by atoms with Crippen molar-refractivity contribution in [1.29, 1.82) is 0 Å². The van der Waals surface area contributed by atoms with E-state index in [1.54, 1.807) is 18.2 Å². The fraction of sp³-hybridized carbons (Fsp3) is 0.462. The summed E-state index contributed by atoms with van der Waals surface area (Å²) >= 11 is 3.31. The van der Waals surface area contributed by atoms with Gasteiger partial charge in [-0.3, -0.25) is 4.79 Å². The molecule has 0 spiro atoms. The summed E-state index contributed by atoms with van der Waals surface area (Å²) in [6.45, 7) is 5.87. The van der Waals surface area contributed by atoms with Crippen molar-refractivity contribution in [2.45, 2.75) is 13.8 Å². The third-order valence-electron chi connectivity index (χ3n) is 2.24. The molecule has 5 heteroatoms. The number of nitrogens with two attached hydrogens (primary N) is 1. The van der Waals surface area contributed by atoms with Gasteiger partial charge in [-0.25, -0.2) is 0 Å². The lowest BCUT2D eigenvalue weighted by Gasteiger charge is -2.09. The number of carbonyl (C=O) groups excluding carboxylic acids is 1. The molecule has 0 fully saturated rings. The van der Waals surface area contributed by atoms with Crippen LogP contribution in [0.3, 0.4) is 0 Å². The Kier molecular flexibility index (Phi) is 6.15. The van der Waals surface area contributed by atoms with Crippen molar-refractivity contribution in [3.8, 4) is 0 Å². The summed E-state index contributed by atoms with van der Waals surface area (Å²) in [4.78, 5) is 11.8. The van der Waals surface area contributed by atoms with Crippen molar-refractivity contribution in [1.82, 2.24) is 5.32 Å². The molecule has 100 valence electrons. The van der Waals surface area contributed by atoms with Crippen LogP contribution in [0.25, 0.3) is 0 Å². The summed E-state index contributed by atoms with van der Waals surface area (Å²) in [6.07, 6.45) is 0. The SMILES string of the molecule is CC(C)COCCNC(=O)c1cc(Br)ccc1N. The summed E-state index contributed by atoms with van der Waals surface area (Å²) < 4.78 is 6.21. The van der Waals surface area contributed by atoms with E-state index < -0.39 is 0 Å². The normalized spacial score (nSPS) is 10.7. The van der Waals surface area contributed by atoms with Crippen molar-refractivity contribution in [3.63, 3.8) is 0 Å². The highest BCUT2D eigenvalue weighted by atomic mass is 79.9. The number of ether oxygens (including phenoxy) is 1. The van der Waals surface area contributed by atoms with Crippen LogP contribution >= 0.6 is 15.9 Å². The monoisotopic (exact) mass is 314 g/mol. The van der Waals surface area contributed by atoms with Crippen molar-refractivity contribution in [3.05, 3.63) is 28.2 Å². The maximum absolute atomic E-state index is 11.8. The molecular weight excluding hydrogens is 296 g/mol. The quantitative estimate of drug-likeness (QED) is 0.626. The van der Waals surface area contributed by atoms with E-state index in [1.807, 2.05) is 0 Å². The third-order valence-corrected chi connectivity index (χ3v) is 2.74. The number of rotatable bonds is 6. The van der Waals surface area contributed by atoms with Crippen molar-refractivity contribution in [2.24, 2.45) is 5.92 Å². The highest BCUT2D eigenvalue weighted by Crippen LogP contribution is 2.18. The molecule has 0 aliphatic heterocycles. The Bertz CT molecular complexity index is 408. The molecule has 0 saturated carbocycles. The Hall–Kier alpha value is -1.07. The van der Waals surface area contributed by atoms with Gasteiger partial charge in [-0.1, -0.05) is 29.8 Å². The molecule has 1 rings (SSSR count). The number of hydrogen-bond acceptors (Lipinski definition) is 3. The lowest BCUT2D eigenvalue weighted by atomic mass is 10.1. The van der Waals surface area contributed by atoms with Crippen LogP contribution in [-0.4, -0.2) is 25.7 Å². The first-order valence-electron chi connectivity index (χ1n) is 5.91. The van der Waals surface area contributed by atoms with Gasteiger partial charge < -0.3 is 15.8 Å². The van der Waals surface area contributed by atoms with Crippen LogP contribution in [0.2, 0.25) is 0 Å². The van der Waals surface area contributed by atoms with Crippen molar-refractivity contribution >= 4 is 27.5 Å². The number of hydrogen-bond donors (Lipinski definition) is 2. The van der Waals surface area contributed by atoms with E-state index in [1.165, 1.54) is 0 Å². The molecule has 0 bridgehead atoms. The molecule has 0 atom stereocenters. The lowest BCUT2D eigenvalue weighted by Crippen LogP contribution is -2.28. The molecule has 0 unspecified atom stereocenters. The molecule has 0 saturated heterocycles. The molecular formula is C13H19BrN2O2. The number of benzene rings is 1. The molecule has 0 aliphatic rings. The molecule has 1 aromatic carbocycles. The second kappa shape index (κ2) is 7.38. The summed E-state index contributed by atoms with van der Waals surface area (Å²) in [5.41, 5.74) is 6.70. The first kappa shape index (κ1) is 15.0. The van der Waals surface area contributed by atoms with Crippen LogP contribution in [0.1, 0.15) is 24.2 Å². The number of halogens is 1. The second-order valence-corrected chi connectivity index (χ2v) is 5.37. The van der Waals surface area contributed by atoms with Crippen molar-refractivity contribution < 1.29 is 9.53 Å². The second-order valence-electron chi connectivity index (χ2n) is 4.46. The lowest BCUT2D eigenvalue weighted by molar-refractivity contribution is 0.0887. The molecule has 3 N–H and O–H groups in total. The summed E-state index contributed by atoms with van der Waals surface area (Å²) in [7, 11) is 0. The van der Waals surface area contributed by atoms with Gasteiger partial charge in [0.2, 0.25) is 0 Å². The van der Waals surface area contributed by atoms with Crippen molar-refractivity contribution in [2.75, 3.05) is 25.5 Å². The van der Waals surface area contributed by atoms with Crippen LogP contribution in [-0.2, 0) is 4.74 Å². The zero-order valence-corrected chi connectivity index (χ0v) is 12.3. The Balaban J connectivity index is 2.39. The zero-order chi connectivity index (χ0) is 13.5. The van der Waals surface area contributed by atoms with Gasteiger partial charge in [-0.2, -0.15) is 0 Å². The van der Waals surface area contributed by atoms with Crippen LogP contribution in [0.15, 0.2) is 22.7 Å². The maximum Gasteiger partial charge on any atom is 0.253 e. The van der Waals surface area contributed by atoms with Gasteiger partial charge in [-0.05, 0) is 24.1 Å². The van der Waals surface area contributed by atoms with Crippen LogP contribution in [0.5, 0.6) is 0 Å². The highest BCUT2D eigenvalue weighted by molar-refractivity contribution is 9.10. The Morgan fingerprint density at radius 3 is 2.89 bits per heavy atom. The molecule has 1 amide bonds. The van der Waals surface area contributed by atoms with E-state index in [9.17, 15) is 4.79 Å². The molecule has 0 heterocycles. The minimum atomic E-state index is -0.179. The Morgan fingerprint density at radius 2 is 2.22 bits per heavy atom. The predicted molar refractivity (Wildman–Crippen MR) is 76.5 cm³/mol. The van der Waals surface area contributed by atoms with Gasteiger partial charge in [0.05, 0.1) is 12.2 Å². The smallest absolute Gasteiger partial charge is 0.253 e. The van der Waals surface area contributed by atoms with Gasteiger partial charge in [0.15, 0.2) is 0 Å². The highest BCUT2D eigenvalue weighted by Gasteiger charge is 2.09. The first-order valence-corrected chi connectivity index (χ1v) is 6.71. The van der Waals surface area contributed by atoms with E-state index in [2.05, 4.69) is 35.1 Å². The third kappa shape index (κ3) is 5.06. The molecule has 0 aliphatic carbocycles. The summed E-state index contributed by atoms with van der Waals surface area (Å²) in [5, 5.41) is 2.78. The zero-order valence-electron chi connectivity index (χ0n) is 10.7. The van der Waals surface area contributed by atoms with Gasteiger partial charge in [0.25, 0.3) is 5.91 Å². The molecule has 0 radical (unpaired) electrons. The van der Waals surface area contributed by atoms with Gasteiger partial charge in [0, 0.05) is 23.3 Å². The topological polar surface area (TPSA) is 64.3 Å². The molecule has 1 aromatic rings. The molecule has 18 heavy (non-hydrogen) atoms. The summed E-state index contributed by atoms with van der Waals surface area (Å²) in [5.74, 6) is 0.323. The van der Waals surface area contributed by atoms with Crippen LogP contribution in [0.4, 0.5) is 5.69 Å². The molecule has 4 nitrogen and oxygen atoms in total. The standard InChI is InChI=1S/C13H19BrN2O2/c1-9(2)8-18-6-5-16-13(17)11-7-10(14)3-4-12(11)15/h3-4,7,9H,5-6,8,15H2,1-2H3,(H,16,17). The van der Waals surface area contributed by atoms with Gasteiger partial charge >= 0.3 is 0 Å². The number of nitrogen functional groups attached to an aromatic ring is 1. The average Bonchev–Trinajstić information content (AvgIpc) is 2.31. The van der Waals surface area contributed by atoms with E-state index in [-0.39, 0.29) is 5.91 Å². The fourth-order valence-corrected chi connectivity index (χ4v) is 1.74. The Labute approximate surface area is 116 Å². The average molecular weight is 315 g/mol. The predicted octanol–water partition coefficient (Wildman–Crippen LogP) is 2.43. The van der Waals surface area contributed by atoms with E-state index >= 15 is 0 Å². The minimum absolute atomic E-state index is 0.179. The number of anilines is 1. The maximum atomic E-state index is 11.8. The van der Waals surface area contributed by atoms with Crippen LogP contribution < -0.4 is 11.1 Å². The first-order chi connectivity index (χ1) is 8.50. The number of carbonyl (C=O) groups is 1. The Morgan fingerprint density at radius 1 is 1.50 bits per heavy atom. The van der Waals surface area contributed by atoms with E-state index in [4.69, 9.17) is 10.5 Å². The van der Waals surface area contributed by atoms with Crippen LogP contribution in [0, 0.1) is 5.92 Å². The number of amides is 1. The van der Waals surface area contributed by atoms with Gasteiger partial charge in [-0.15, -0.1) is 0 Å².